The van der Waals surface area contributed by atoms with Crippen molar-refractivity contribution in [2.75, 3.05) is 0 Å². The number of phenolic OH excluding ortho intramolecular Hbond substituents is 1. The molecule has 0 aromatic heterocycles. The van der Waals surface area contributed by atoms with Crippen molar-refractivity contribution in [3.05, 3.63) is 22.3 Å². The van der Waals surface area contributed by atoms with Gasteiger partial charge in [-0.1, -0.05) is 0 Å². The first-order valence-electron chi connectivity index (χ1n) is 6.05. The van der Waals surface area contributed by atoms with Gasteiger partial charge in [-0.3, -0.25) is 4.79 Å². The Hall–Kier alpha value is -1.71. The highest BCUT2D eigenvalue weighted by atomic mass is 16.5. The number of carbonyl (C=O) groups is 1. The molecule has 0 radical (unpaired) electrons. The molecule has 0 saturated heterocycles. The number of carboxylic acid groups (broad SMARTS) is 1. The van der Waals surface area contributed by atoms with Gasteiger partial charge in [-0.15, -0.1) is 0 Å². The largest absolute Gasteiger partial charge is 0.507 e. The maximum atomic E-state index is 11.0. The van der Waals surface area contributed by atoms with E-state index in [9.17, 15) is 9.90 Å². The number of benzene rings is 1. The molecule has 98 valence electrons. The minimum absolute atomic E-state index is 0.290. The van der Waals surface area contributed by atoms with Gasteiger partial charge < -0.3 is 14.9 Å². The van der Waals surface area contributed by atoms with Gasteiger partial charge in [-0.2, -0.15) is 0 Å². The summed E-state index contributed by atoms with van der Waals surface area (Å²) >= 11 is 0. The summed E-state index contributed by atoms with van der Waals surface area (Å²) in [5.41, 5.74) is 3.44. The van der Waals surface area contributed by atoms with E-state index in [-0.39, 0.29) is 6.10 Å². The van der Waals surface area contributed by atoms with E-state index < -0.39 is 11.9 Å². The zero-order valence-corrected chi connectivity index (χ0v) is 11.1. The Balaban J connectivity index is 2.44. The van der Waals surface area contributed by atoms with Gasteiger partial charge in [0.25, 0.3) is 0 Å². The fourth-order valence-electron chi connectivity index (χ4n) is 2.41. The standard InChI is InChI=1S/C14H18O4/c1-6-7(2)13-10(8(3)12(6)15)5-11(18-13)9(4)14(16)17/h9,11,15H,5H2,1-4H3,(H,16,17). The van der Waals surface area contributed by atoms with Crippen molar-refractivity contribution < 1.29 is 19.7 Å². The molecule has 1 aromatic carbocycles. The summed E-state index contributed by atoms with van der Waals surface area (Å²) in [4.78, 5) is 11.0. The van der Waals surface area contributed by atoms with E-state index in [0.29, 0.717) is 12.2 Å². The predicted molar refractivity (Wildman–Crippen MR) is 67.2 cm³/mol. The average Bonchev–Trinajstić information content (AvgIpc) is 2.77. The van der Waals surface area contributed by atoms with Crippen molar-refractivity contribution in [1.29, 1.82) is 0 Å². The molecule has 0 bridgehead atoms. The zero-order chi connectivity index (χ0) is 13.6. The van der Waals surface area contributed by atoms with Gasteiger partial charge in [-0.25, -0.2) is 0 Å². The number of ether oxygens (including phenoxy) is 1. The topological polar surface area (TPSA) is 66.8 Å². The van der Waals surface area contributed by atoms with E-state index in [4.69, 9.17) is 9.84 Å². The van der Waals surface area contributed by atoms with Crippen molar-refractivity contribution in [2.45, 2.75) is 40.2 Å². The first-order chi connectivity index (χ1) is 8.34. The fraction of sp³-hybridized carbons (Fsp3) is 0.500. The van der Waals surface area contributed by atoms with Crippen LogP contribution in [0.4, 0.5) is 0 Å². The number of rotatable bonds is 2. The van der Waals surface area contributed by atoms with E-state index in [1.54, 1.807) is 6.92 Å². The van der Waals surface area contributed by atoms with Gasteiger partial charge in [0.15, 0.2) is 0 Å². The number of hydrogen-bond donors (Lipinski definition) is 2. The SMILES string of the molecule is Cc1c(C)c2c(c(C)c1O)CC(C(C)C(=O)O)O2. The molecule has 0 fully saturated rings. The summed E-state index contributed by atoms with van der Waals surface area (Å²) in [6.07, 6.45) is 0.194. The Bertz CT molecular complexity index is 482. The highest BCUT2D eigenvalue weighted by Gasteiger charge is 2.35. The van der Waals surface area contributed by atoms with Crippen molar-refractivity contribution in [3.8, 4) is 11.5 Å². The normalized spacial score (nSPS) is 19.2. The Morgan fingerprint density at radius 2 is 1.89 bits per heavy atom. The van der Waals surface area contributed by atoms with Gasteiger partial charge in [0, 0.05) is 12.0 Å². The first-order valence-corrected chi connectivity index (χ1v) is 6.05. The molecular weight excluding hydrogens is 232 g/mol. The number of aromatic hydroxyl groups is 1. The zero-order valence-electron chi connectivity index (χ0n) is 11.1. The maximum absolute atomic E-state index is 11.0. The minimum atomic E-state index is -0.857. The summed E-state index contributed by atoms with van der Waals surface area (Å²) in [7, 11) is 0. The third kappa shape index (κ3) is 1.72. The molecule has 2 N–H and O–H groups in total. The van der Waals surface area contributed by atoms with Gasteiger partial charge in [0.2, 0.25) is 0 Å². The quantitative estimate of drug-likeness (QED) is 0.845. The van der Waals surface area contributed by atoms with E-state index in [1.807, 2.05) is 20.8 Å². The monoisotopic (exact) mass is 250 g/mol. The summed E-state index contributed by atoms with van der Waals surface area (Å²) < 4.78 is 5.79. The predicted octanol–water partition coefficient (Wildman–Crippen LogP) is 2.34. The number of carboxylic acids is 1. The van der Waals surface area contributed by atoms with Crippen LogP contribution in [0.15, 0.2) is 0 Å². The van der Waals surface area contributed by atoms with Crippen LogP contribution in [-0.4, -0.2) is 22.3 Å². The molecule has 4 nitrogen and oxygen atoms in total. The molecular formula is C14H18O4. The lowest BCUT2D eigenvalue weighted by Crippen LogP contribution is -2.29. The molecule has 0 spiro atoms. The summed E-state index contributed by atoms with van der Waals surface area (Å²) in [6.45, 7) is 7.23. The number of hydrogen-bond acceptors (Lipinski definition) is 3. The molecule has 1 aliphatic rings. The Kier molecular flexibility index (Phi) is 2.97. The van der Waals surface area contributed by atoms with Crippen LogP contribution in [0.2, 0.25) is 0 Å². The molecule has 18 heavy (non-hydrogen) atoms. The van der Waals surface area contributed by atoms with Crippen molar-refractivity contribution in [3.63, 3.8) is 0 Å². The lowest BCUT2D eigenvalue weighted by molar-refractivity contribution is -0.143. The summed E-state index contributed by atoms with van der Waals surface area (Å²) in [5, 5.41) is 19.1. The third-order valence-corrected chi connectivity index (χ3v) is 3.96. The summed E-state index contributed by atoms with van der Waals surface area (Å²) in [6, 6.07) is 0. The minimum Gasteiger partial charge on any atom is -0.507 e. The molecule has 1 heterocycles. The van der Waals surface area contributed by atoms with Gasteiger partial charge in [0.05, 0.1) is 5.92 Å². The first kappa shape index (κ1) is 12.7. The highest BCUT2D eigenvalue weighted by Crippen LogP contribution is 2.42. The third-order valence-electron chi connectivity index (χ3n) is 3.96. The number of aliphatic carboxylic acids is 1. The summed E-state index contributed by atoms with van der Waals surface area (Å²) in [5.74, 6) is -0.373. The van der Waals surface area contributed by atoms with Crippen molar-refractivity contribution in [1.82, 2.24) is 0 Å². The van der Waals surface area contributed by atoms with Crippen LogP contribution < -0.4 is 4.74 Å². The lowest BCUT2D eigenvalue weighted by Gasteiger charge is -2.16. The molecule has 0 saturated carbocycles. The molecule has 2 atom stereocenters. The van der Waals surface area contributed by atoms with Crippen molar-refractivity contribution in [2.24, 2.45) is 5.92 Å². The lowest BCUT2D eigenvalue weighted by atomic mass is 9.93. The molecule has 2 rings (SSSR count). The van der Waals surface area contributed by atoms with E-state index in [1.165, 1.54) is 0 Å². The maximum Gasteiger partial charge on any atom is 0.309 e. The van der Waals surface area contributed by atoms with E-state index >= 15 is 0 Å². The van der Waals surface area contributed by atoms with Crippen molar-refractivity contribution >= 4 is 5.97 Å². The molecule has 1 aliphatic heterocycles. The van der Waals surface area contributed by atoms with Gasteiger partial charge >= 0.3 is 5.97 Å². The average molecular weight is 250 g/mol. The van der Waals surface area contributed by atoms with E-state index in [0.717, 1.165) is 28.0 Å². The number of phenols is 1. The second-order valence-corrected chi connectivity index (χ2v) is 5.02. The molecule has 0 aliphatic carbocycles. The van der Waals surface area contributed by atoms with Crippen LogP contribution in [0.1, 0.15) is 29.2 Å². The van der Waals surface area contributed by atoms with Gasteiger partial charge in [0.1, 0.15) is 17.6 Å². The molecule has 0 amide bonds. The van der Waals surface area contributed by atoms with Crippen LogP contribution >= 0.6 is 0 Å². The smallest absolute Gasteiger partial charge is 0.309 e. The molecule has 1 aromatic rings. The van der Waals surface area contributed by atoms with Crippen LogP contribution in [-0.2, 0) is 11.2 Å². The van der Waals surface area contributed by atoms with Crippen LogP contribution in [0.3, 0.4) is 0 Å². The van der Waals surface area contributed by atoms with Gasteiger partial charge in [-0.05, 0) is 44.4 Å². The Morgan fingerprint density at radius 1 is 1.28 bits per heavy atom. The Labute approximate surface area is 106 Å². The number of fused-ring (bicyclic) bond motifs is 1. The van der Waals surface area contributed by atoms with E-state index in [2.05, 4.69) is 0 Å². The second kappa shape index (κ2) is 4.19. The van der Waals surface area contributed by atoms with Crippen LogP contribution in [0.5, 0.6) is 11.5 Å². The van der Waals surface area contributed by atoms with Crippen LogP contribution in [0, 0.1) is 26.7 Å². The fourth-order valence-corrected chi connectivity index (χ4v) is 2.41. The Morgan fingerprint density at radius 3 is 2.44 bits per heavy atom. The molecule has 4 heteroatoms. The molecule has 2 unspecified atom stereocenters. The second-order valence-electron chi connectivity index (χ2n) is 5.02. The highest BCUT2D eigenvalue weighted by molar-refractivity contribution is 5.71. The van der Waals surface area contributed by atoms with Crippen LogP contribution in [0.25, 0.3) is 0 Å².